The van der Waals surface area contributed by atoms with Crippen LogP contribution in [0.1, 0.15) is 134 Å². The summed E-state index contributed by atoms with van der Waals surface area (Å²) in [6.07, 6.45) is 6.61. The number of aromatic nitrogens is 5. The van der Waals surface area contributed by atoms with Gasteiger partial charge in [-0.1, -0.05) is 80.6 Å². The van der Waals surface area contributed by atoms with Crippen LogP contribution in [0.15, 0.2) is 90.6 Å². The second-order valence-corrected chi connectivity index (χ2v) is 27.7. The number of para-hydroxylation sites is 1. The molecule has 0 radical (unpaired) electrons. The molecule has 3 unspecified atom stereocenters. The van der Waals surface area contributed by atoms with E-state index >= 15 is 0 Å². The first-order valence-corrected chi connectivity index (χ1v) is 31.5. The number of amides is 5. The van der Waals surface area contributed by atoms with Crippen LogP contribution >= 0.6 is 22.7 Å². The van der Waals surface area contributed by atoms with Crippen LogP contribution in [0.5, 0.6) is 0 Å². The van der Waals surface area contributed by atoms with Crippen molar-refractivity contribution < 1.29 is 39.0 Å². The van der Waals surface area contributed by atoms with Crippen LogP contribution in [0.25, 0.3) is 31.8 Å². The summed E-state index contributed by atoms with van der Waals surface area (Å²) in [7, 11) is 0. The van der Waals surface area contributed by atoms with Crippen molar-refractivity contribution in [2.24, 2.45) is 28.1 Å². The first-order valence-electron chi connectivity index (χ1n) is 29.8. The van der Waals surface area contributed by atoms with Gasteiger partial charge in [0, 0.05) is 67.9 Å². The molecule has 4 aliphatic carbocycles. The second kappa shape index (κ2) is 23.1. The minimum atomic E-state index is -1.17. The number of carboxylic acid groups (broad SMARTS) is 1. The molecule has 6 atom stereocenters. The number of nitrogens with one attached hydrogen (secondary N) is 4. The number of likely N-dealkylation sites (tertiary alicyclic amines) is 1. The van der Waals surface area contributed by atoms with E-state index in [-0.39, 0.29) is 60.8 Å². The number of benzene rings is 3. The average molecular weight is 1200 g/mol. The molecule has 5 amide bonds. The third-order valence-corrected chi connectivity index (χ3v) is 20.6. The minimum Gasteiger partial charge on any atom is -0.476 e. The molecule has 7 aromatic rings. The van der Waals surface area contributed by atoms with Crippen molar-refractivity contribution in [1.82, 2.24) is 45.6 Å². The Morgan fingerprint density at radius 1 is 0.872 bits per heavy atom. The molecular formula is C65H73N11O8S2. The first kappa shape index (κ1) is 58.5. The molecular weight excluding hydrogens is 1130 g/mol. The van der Waals surface area contributed by atoms with E-state index in [1.807, 2.05) is 123 Å². The summed E-state index contributed by atoms with van der Waals surface area (Å²) >= 11 is 2.98. The van der Waals surface area contributed by atoms with Gasteiger partial charge in [0.2, 0.25) is 23.6 Å². The fourth-order valence-corrected chi connectivity index (χ4v) is 16.6. The van der Waals surface area contributed by atoms with E-state index in [9.17, 15) is 39.0 Å². The van der Waals surface area contributed by atoms with Gasteiger partial charge in [-0.25, -0.2) is 19.7 Å². The number of β-amino-alcohol motifs (C(OH)–C–C–N with tert-alkyl or cyclic N) is 1. The number of aromatic carboxylic acids is 1. The Balaban J connectivity index is 0.672. The number of hydrogen-bond donors (Lipinski definition) is 6. The Morgan fingerprint density at radius 2 is 1.64 bits per heavy atom. The zero-order chi connectivity index (χ0) is 60.4. The topological polar surface area (TPSA) is 254 Å². The predicted octanol–water partition coefficient (Wildman–Crippen LogP) is 9.27. The highest BCUT2D eigenvalue weighted by Gasteiger charge is 2.60. The average Bonchev–Trinajstić information content (AvgIpc) is 0.820. The lowest BCUT2D eigenvalue weighted by Crippen LogP contribution is -2.59. The van der Waals surface area contributed by atoms with Gasteiger partial charge in [-0.3, -0.25) is 34.0 Å². The lowest BCUT2D eigenvalue weighted by atomic mass is 9.44. The van der Waals surface area contributed by atoms with E-state index < -0.39 is 46.8 Å². The van der Waals surface area contributed by atoms with E-state index in [0.29, 0.717) is 72.0 Å². The van der Waals surface area contributed by atoms with E-state index in [0.717, 1.165) is 80.8 Å². The van der Waals surface area contributed by atoms with Gasteiger partial charge in [0.1, 0.15) is 17.9 Å². The maximum Gasteiger partial charge on any atom is 0.355 e. The Labute approximate surface area is 507 Å². The zero-order valence-electron chi connectivity index (χ0n) is 49.3. The van der Waals surface area contributed by atoms with E-state index in [1.165, 1.54) is 16.2 Å². The molecule has 448 valence electrons. The summed E-state index contributed by atoms with van der Waals surface area (Å²) in [6.45, 7) is 12.9. The number of pyridine rings is 1. The Bertz CT molecular complexity index is 3760. The number of thiazole rings is 2. The SMILES string of the molecule is Cc1ncsc1-c1ccc([C@H](C)NC(=O)[C@@H]2C[C@@H](O)CN2C(=O)C(NC(=O)CCNC(=O)C23CC4CC(CC(Cn5ncc(-c6ccc(N7CCc8cccc(C(=O)Nc9nc%10ccccc%10s9)c8C7)nc6C(=O)O)c5C)(C4)C2)C3)C(C)(C)C)cc1. The number of carbonyl (C=O) groups is 6. The molecule has 6 heterocycles. The molecule has 6 N–H and O–H groups in total. The van der Waals surface area contributed by atoms with E-state index in [2.05, 4.69) is 31.2 Å². The molecule has 2 aliphatic heterocycles. The van der Waals surface area contributed by atoms with Crippen LogP contribution in [0.3, 0.4) is 0 Å². The van der Waals surface area contributed by atoms with Gasteiger partial charge in [0.25, 0.3) is 5.91 Å². The lowest BCUT2D eigenvalue weighted by molar-refractivity contribution is -0.159. The van der Waals surface area contributed by atoms with Gasteiger partial charge >= 0.3 is 5.97 Å². The number of aliphatic hydroxyl groups is 1. The maximum atomic E-state index is 14.5. The van der Waals surface area contributed by atoms with Crippen molar-refractivity contribution in [1.29, 1.82) is 0 Å². The van der Waals surface area contributed by atoms with Crippen molar-refractivity contribution in [3.63, 3.8) is 0 Å². The fourth-order valence-electron chi connectivity index (χ4n) is 14.9. The number of aryl methyl sites for hydroxylation is 1. The number of hydrogen-bond acceptors (Lipinski definition) is 14. The minimum absolute atomic E-state index is 0.0494. The standard InChI is InChI=1S/C65H73N11O8S2/c1-36(41-14-16-43(17-15-41)55-37(2)67-35-85-55)69-58(80)50-25-44(77)31-75(50)59(81)56(63(4,5)6)72-53(78)20-22-66-61(84)65-28-39-24-40(29-65)27-64(26-39,33-65)34-76-38(3)47(30-68-76)45-18-19-52(71-54(45)60(82)83)74-23-21-42-10-9-11-46(48(42)32-74)57(79)73-62-70-49-12-7-8-13-51(49)86-62/h7-19,30,35-36,39-40,44,50,56,77H,20-29,31-34H2,1-6H3,(H,66,84)(H,69,80)(H,72,78)(H,82,83)(H,70,73,79)/t36-,39?,40?,44+,50-,56?,64?,65?/m0/s1. The molecule has 19 nitrogen and oxygen atoms in total. The summed E-state index contributed by atoms with van der Waals surface area (Å²) in [5.74, 6) is -1.56. The summed E-state index contributed by atoms with van der Waals surface area (Å²) in [5, 5.41) is 39.0. The van der Waals surface area contributed by atoms with Gasteiger partial charge < -0.3 is 36.0 Å². The Hall–Kier alpha value is -7.88. The molecule has 0 spiro atoms. The number of carboxylic acids is 1. The first-order chi connectivity index (χ1) is 41.1. The summed E-state index contributed by atoms with van der Waals surface area (Å²) < 4.78 is 2.95. The summed E-state index contributed by atoms with van der Waals surface area (Å²) in [4.78, 5) is 102. The van der Waals surface area contributed by atoms with Crippen molar-refractivity contribution in [3.8, 4) is 21.6 Å². The highest BCUT2D eigenvalue weighted by molar-refractivity contribution is 7.22. The predicted molar refractivity (Wildman–Crippen MR) is 329 cm³/mol. The number of anilines is 2. The number of carbonyl (C=O) groups excluding carboxylic acids is 5. The molecule has 21 heteroatoms. The third kappa shape index (κ3) is 11.5. The fraction of sp³-hybridized carbons (Fsp3) is 0.446. The van der Waals surface area contributed by atoms with Crippen molar-refractivity contribution in [2.45, 2.75) is 137 Å². The largest absolute Gasteiger partial charge is 0.476 e. The molecule has 1 saturated heterocycles. The third-order valence-electron chi connectivity index (χ3n) is 18.7. The summed E-state index contributed by atoms with van der Waals surface area (Å²) in [6, 6.07) is 22.7. The number of rotatable bonds is 17. The number of fused-ring (bicyclic) bond motifs is 2. The van der Waals surface area contributed by atoms with Gasteiger partial charge in [0.05, 0.1) is 50.1 Å². The summed E-state index contributed by atoms with van der Waals surface area (Å²) in [5.41, 5.74) is 8.18. The van der Waals surface area contributed by atoms with Crippen LogP contribution in [-0.2, 0) is 38.7 Å². The molecule has 6 aliphatic rings. The number of nitrogens with zero attached hydrogens (tertiary/aromatic N) is 7. The normalized spacial score (nSPS) is 23.0. The van der Waals surface area contributed by atoms with Crippen molar-refractivity contribution >= 4 is 79.3 Å². The number of aliphatic hydroxyl groups excluding tert-OH is 1. The molecule has 5 fully saturated rings. The molecule has 4 saturated carbocycles. The Morgan fingerprint density at radius 3 is 2.36 bits per heavy atom. The van der Waals surface area contributed by atoms with Crippen LogP contribution in [0, 0.1) is 41.9 Å². The maximum absolute atomic E-state index is 14.5. The van der Waals surface area contributed by atoms with Crippen LogP contribution in [0.4, 0.5) is 10.9 Å². The lowest BCUT2D eigenvalue weighted by Gasteiger charge is -2.61. The van der Waals surface area contributed by atoms with E-state index in [1.54, 1.807) is 29.7 Å². The quantitative estimate of drug-likeness (QED) is 0.0498. The van der Waals surface area contributed by atoms with Crippen LogP contribution in [0.2, 0.25) is 0 Å². The molecule has 4 bridgehead atoms. The van der Waals surface area contributed by atoms with Crippen LogP contribution in [-0.4, -0.2) is 113 Å². The van der Waals surface area contributed by atoms with Crippen molar-refractivity contribution in [2.75, 3.05) is 29.9 Å². The van der Waals surface area contributed by atoms with Crippen molar-refractivity contribution in [3.05, 3.63) is 130 Å². The smallest absolute Gasteiger partial charge is 0.355 e. The highest BCUT2D eigenvalue weighted by Crippen LogP contribution is 2.66. The van der Waals surface area contributed by atoms with Gasteiger partial charge in [-0.2, -0.15) is 5.10 Å². The molecule has 13 rings (SSSR count). The van der Waals surface area contributed by atoms with Gasteiger partial charge in [0.15, 0.2) is 10.8 Å². The van der Waals surface area contributed by atoms with Gasteiger partial charge in [-0.05, 0) is 141 Å². The molecule has 86 heavy (non-hydrogen) atoms. The zero-order valence-corrected chi connectivity index (χ0v) is 50.9. The Kier molecular flexibility index (Phi) is 15.7. The van der Waals surface area contributed by atoms with Crippen LogP contribution < -0.4 is 26.2 Å². The molecule has 4 aromatic heterocycles. The van der Waals surface area contributed by atoms with Gasteiger partial charge in [-0.15, -0.1) is 11.3 Å². The monoisotopic (exact) mass is 1200 g/mol. The highest BCUT2D eigenvalue weighted by atomic mass is 32.1. The molecule has 3 aromatic carbocycles. The van der Waals surface area contributed by atoms with E-state index in [4.69, 9.17) is 10.1 Å². The second-order valence-electron chi connectivity index (χ2n) is 25.9.